The molecule has 0 saturated carbocycles. The quantitative estimate of drug-likeness (QED) is 0.830. The minimum atomic E-state index is -0.181. The van der Waals surface area contributed by atoms with Crippen molar-refractivity contribution in [1.29, 1.82) is 0 Å². The van der Waals surface area contributed by atoms with Crippen molar-refractivity contribution < 1.29 is 14.3 Å². The SMILES string of the molecule is COc1ccccc1CCNC(=O)c1cc2c(s1)C1(CCNCC1)OCC2. The van der Waals surface area contributed by atoms with Gasteiger partial charge in [0.05, 0.1) is 18.6 Å². The van der Waals surface area contributed by atoms with Gasteiger partial charge in [0.15, 0.2) is 0 Å². The van der Waals surface area contributed by atoms with E-state index in [0.717, 1.165) is 61.6 Å². The molecule has 5 nitrogen and oxygen atoms in total. The number of hydrogen-bond donors (Lipinski definition) is 2. The fourth-order valence-electron chi connectivity index (χ4n) is 4.04. The number of amides is 1. The van der Waals surface area contributed by atoms with Gasteiger partial charge in [0.1, 0.15) is 11.4 Å². The van der Waals surface area contributed by atoms with E-state index in [4.69, 9.17) is 9.47 Å². The number of nitrogens with one attached hydrogen (secondary N) is 2. The first-order valence-electron chi connectivity index (χ1n) is 9.60. The maximum Gasteiger partial charge on any atom is 0.261 e. The molecular weight excluding hydrogens is 360 g/mol. The lowest BCUT2D eigenvalue weighted by Gasteiger charge is -2.40. The van der Waals surface area contributed by atoms with Crippen LogP contribution in [0.2, 0.25) is 0 Å². The lowest BCUT2D eigenvalue weighted by Crippen LogP contribution is -2.43. The van der Waals surface area contributed by atoms with Crippen LogP contribution in [0.3, 0.4) is 0 Å². The van der Waals surface area contributed by atoms with Crippen LogP contribution in [-0.4, -0.2) is 39.3 Å². The number of rotatable bonds is 5. The number of thiophene rings is 1. The van der Waals surface area contributed by atoms with Crippen LogP contribution in [0.4, 0.5) is 0 Å². The zero-order valence-corrected chi connectivity index (χ0v) is 16.5. The zero-order chi connectivity index (χ0) is 18.7. The largest absolute Gasteiger partial charge is 0.496 e. The van der Waals surface area contributed by atoms with Crippen LogP contribution < -0.4 is 15.4 Å². The number of fused-ring (bicyclic) bond motifs is 2. The van der Waals surface area contributed by atoms with E-state index >= 15 is 0 Å². The lowest BCUT2D eigenvalue weighted by molar-refractivity contribution is -0.0771. The van der Waals surface area contributed by atoms with E-state index in [1.807, 2.05) is 24.3 Å². The number of piperidine rings is 1. The average molecular weight is 387 g/mol. The molecule has 27 heavy (non-hydrogen) atoms. The molecule has 1 saturated heterocycles. The first kappa shape index (κ1) is 18.5. The number of hydrogen-bond acceptors (Lipinski definition) is 5. The third kappa shape index (κ3) is 3.74. The molecule has 2 aromatic rings. The summed E-state index contributed by atoms with van der Waals surface area (Å²) in [6.07, 6.45) is 3.61. The van der Waals surface area contributed by atoms with Crippen LogP contribution in [-0.2, 0) is 23.2 Å². The van der Waals surface area contributed by atoms with Crippen LogP contribution in [0.25, 0.3) is 0 Å². The molecule has 1 amide bonds. The summed E-state index contributed by atoms with van der Waals surface area (Å²) in [7, 11) is 1.67. The second-order valence-electron chi connectivity index (χ2n) is 7.13. The molecule has 3 heterocycles. The van der Waals surface area contributed by atoms with Crippen molar-refractivity contribution in [1.82, 2.24) is 10.6 Å². The van der Waals surface area contributed by atoms with E-state index < -0.39 is 0 Å². The number of para-hydroxylation sites is 1. The highest BCUT2D eigenvalue weighted by atomic mass is 32.1. The summed E-state index contributed by atoms with van der Waals surface area (Å²) >= 11 is 1.61. The first-order valence-corrected chi connectivity index (χ1v) is 10.4. The molecule has 0 bridgehead atoms. The Labute approximate surface area is 164 Å². The molecular formula is C21H26N2O3S. The summed E-state index contributed by atoms with van der Waals surface area (Å²) < 4.78 is 11.6. The summed E-state index contributed by atoms with van der Waals surface area (Å²) in [6, 6.07) is 10.0. The highest BCUT2D eigenvalue weighted by molar-refractivity contribution is 7.14. The van der Waals surface area contributed by atoms with E-state index in [-0.39, 0.29) is 11.5 Å². The summed E-state index contributed by atoms with van der Waals surface area (Å²) in [5.41, 5.74) is 2.22. The summed E-state index contributed by atoms with van der Waals surface area (Å²) in [5.74, 6) is 0.872. The van der Waals surface area contributed by atoms with E-state index in [9.17, 15) is 4.79 Å². The average Bonchev–Trinajstić information content (AvgIpc) is 3.15. The molecule has 4 rings (SSSR count). The van der Waals surface area contributed by atoms with E-state index in [1.54, 1.807) is 18.4 Å². The molecule has 1 fully saturated rings. The Morgan fingerprint density at radius 3 is 2.96 bits per heavy atom. The van der Waals surface area contributed by atoms with Gasteiger partial charge in [-0.2, -0.15) is 0 Å². The molecule has 1 aromatic carbocycles. The van der Waals surface area contributed by atoms with Gasteiger partial charge in [-0.05, 0) is 62.0 Å². The van der Waals surface area contributed by atoms with Crippen LogP contribution in [0.1, 0.15) is 38.5 Å². The van der Waals surface area contributed by atoms with Crippen LogP contribution in [0.5, 0.6) is 5.75 Å². The molecule has 2 N–H and O–H groups in total. The molecule has 1 aromatic heterocycles. The smallest absolute Gasteiger partial charge is 0.261 e. The topological polar surface area (TPSA) is 59.6 Å². The highest BCUT2D eigenvalue weighted by Crippen LogP contribution is 2.44. The number of benzene rings is 1. The summed E-state index contributed by atoms with van der Waals surface area (Å²) in [6.45, 7) is 3.28. The second-order valence-corrected chi connectivity index (χ2v) is 8.18. The van der Waals surface area contributed by atoms with Gasteiger partial charge < -0.3 is 20.1 Å². The molecule has 6 heteroatoms. The van der Waals surface area contributed by atoms with Crippen molar-refractivity contribution in [3.63, 3.8) is 0 Å². The Morgan fingerprint density at radius 2 is 2.15 bits per heavy atom. The van der Waals surface area contributed by atoms with Gasteiger partial charge in [0, 0.05) is 11.4 Å². The molecule has 2 aliphatic heterocycles. The number of ether oxygens (including phenoxy) is 2. The minimum absolute atomic E-state index is 0.00776. The monoisotopic (exact) mass is 386 g/mol. The Hall–Kier alpha value is -1.89. The van der Waals surface area contributed by atoms with Crippen LogP contribution in [0, 0.1) is 0 Å². The number of carbonyl (C=O) groups excluding carboxylic acids is 1. The van der Waals surface area contributed by atoms with Gasteiger partial charge >= 0.3 is 0 Å². The van der Waals surface area contributed by atoms with Crippen LogP contribution >= 0.6 is 11.3 Å². The lowest BCUT2D eigenvalue weighted by atomic mass is 9.86. The van der Waals surface area contributed by atoms with Crippen molar-refractivity contribution in [3.8, 4) is 5.75 Å². The summed E-state index contributed by atoms with van der Waals surface area (Å²) in [5, 5.41) is 6.47. The Bertz CT molecular complexity index is 812. The standard InChI is InChI=1S/C21H26N2O3S/c1-25-17-5-3-2-4-15(17)6-10-23-20(24)18-14-16-7-13-26-21(19(16)27-18)8-11-22-12-9-21/h2-5,14,22H,6-13H2,1H3,(H,23,24). The predicted molar refractivity (Wildman–Crippen MR) is 107 cm³/mol. The van der Waals surface area contributed by atoms with Gasteiger partial charge in [-0.25, -0.2) is 0 Å². The molecule has 0 unspecified atom stereocenters. The van der Waals surface area contributed by atoms with Gasteiger partial charge in [-0.1, -0.05) is 18.2 Å². The van der Waals surface area contributed by atoms with Crippen molar-refractivity contribution in [2.24, 2.45) is 0 Å². The molecule has 2 aliphatic rings. The fourth-order valence-corrected chi connectivity index (χ4v) is 5.37. The third-order valence-electron chi connectivity index (χ3n) is 5.48. The predicted octanol–water partition coefficient (Wildman–Crippen LogP) is 2.88. The van der Waals surface area contributed by atoms with Gasteiger partial charge in [-0.3, -0.25) is 4.79 Å². The molecule has 1 spiro atoms. The maximum absolute atomic E-state index is 12.7. The van der Waals surface area contributed by atoms with Crippen molar-refractivity contribution in [2.45, 2.75) is 31.3 Å². The normalized spacial score (nSPS) is 18.1. The zero-order valence-electron chi connectivity index (χ0n) is 15.7. The van der Waals surface area contributed by atoms with E-state index in [2.05, 4.69) is 16.7 Å². The van der Waals surface area contributed by atoms with Crippen molar-refractivity contribution >= 4 is 17.2 Å². The molecule has 0 aliphatic carbocycles. The van der Waals surface area contributed by atoms with E-state index in [1.165, 1.54) is 10.4 Å². The Kier molecular flexibility index (Phi) is 5.48. The third-order valence-corrected chi connectivity index (χ3v) is 6.84. The van der Waals surface area contributed by atoms with Crippen molar-refractivity contribution in [3.05, 3.63) is 51.2 Å². The fraction of sp³-hybridized carbons (Fsp3) is 0.476. The van der Waals surface area contributed by atoms with Crippen molar-refractivity contribution in [2.75, 3.05) is 33.4 Å². The van der Waals surface area contributed by atoms with Gasteiger partial charge in [0.25, 0.3) is 5.91 Å². The van der Waals surface area contributed by atoms with E-state index in [0.29, 0.717) is 6.54 Å². The second kappa shape index (κ2) is 8.00. The van der Waals surface area contributed by atoms with Crippen LogP contribution in [0.15, 0.2) is 30.3 Å². The number of carbonyl (C=O) groups is 1. The highest BCUT2D eigenvalue weighted by Gasteiger charge is 2.41. The Balaban J connectivity index is 1.43. The van der Waals surface area contributed by atoms with Gasteiger partial charge in [0.2, 0.25) is 0 Å². The molecule has 0 atom stereocenters. The first-order chi connectivity index (χ1) is 13.2. The molecule has 144 valence electrons. The summed E-state index contributed by atoms with van der Waals surface area (Å²) in [4.78, 5) is 14.8. The number of methoxy groups -OCH3 is 1. The maximum atomic E-state index is 12.7. The molecule has 0 radical (unpaired) electrons. The van der Waals surface area contributed by atoms with Gasteiger partial charge in [-0.15, -0.1) is 11.3 Å². The Morgan fingerprint density at radius 1 is 1.33 bits per heavy atom. The minimum Gasteiger partial charge on any atom is -0.496 e.